The maximum absolute atomic E-state index is 10.7. The van der Waals surface area contributed by atoms with Crippen LogP contribution in [0.1, 0.15) is 37.9 Å². The Kier molecular flexibility index (Phi) is 3.57. The van der Waals surface area contributed by atoms with Gasteiger partial charge in [-0.25, -0.2) is 0 Å². The first-order valence-electron chi connectivity index (χ1n) is 4.74. The lowest BCUT2D eigenvalue weighted by atomic mass is 10.1. The monoisotopic (exact) mass is 189 g/mol. The van der Waals surface area contributed by atoms with Crippen molar-refractivity contribution in [3.8, 4) is 0 Å². The first kappa shape index (κ1) is 10.6. The molecule has 0 spiro atoms. The molecule has 0 radical (unpaired) electrons. The third-order valence-electron chi connectivity index (χ3n) is 1.91. The van der Waals surface area contributed by atoms with E-state index < -0.39 is 0 Å². The fourth-order valence-electron chi connectivity index (χ4n) is 1.07. The number of hydrogen-bond donors (Lipinski definition) is 0. The summed E-state index contributed by atoms with van der Waals surface area (Å²) in [6.07, 6.45) is 5.11. The Morgan fingerprint density at radius 1 is 1.43 bits per heavy atom. The number of hydrogen-bond acceptors (Lipinski definition) is 2. The molecular weight excluding hydrogens is 174 g/mol. The van der Waals surface area contributed by atoms with Gasteiger partial charge in [0.15, 0.2) is 5.78 Å². The van der Waals surface area contributed by atoms with E-state index in [2.05, 4.69) is 18.8 Å². The molecule has 0 aromatic carbocycles. The van der Waals surface area contributed by atoms with Crippen molar-refractivity contribution in [3.63, 3.8) is 0 Å². The highest BCUT2D eigenvalue weighted by atomic mass is 16.1. The molecule has 2 nitrogen and oxygen atoms in total. The number of aromatic nitrogens is 1. The van der Waals surface area contributed by atoms with Crippen molar-refractivity contribution in [3.05, 3.63) is 35.7 Å². The van der Waals surface area contributed by atoms with Crippen LogP contribution in [0.2, 0.25) is 0 Å². The predicted octanol–water partition coefficient (Wildman–Crippen LogP) is 2.81. The van der Waals surface area contributed by atoms with Crippen LogP contribution in [0.3, 0.4) is 0 Å². The van der Waals surface area contributed by atoms with E-state index >= 15 is 0 Å². The average molecular weight is 189 g/mol. The summed E-state index contributed by atoms with van der Waals surface area (Å²) in [4.78, 5) is 15.0. The van der Waals surface area contributed by atoms with Crippen molar-refractivity contribution in [2.24, 2.45) is 0 Å². The molecule has 0 aliphatic heterocycles. The Labute approximate surface area is 84.7 Å². The highest BCUT2D eigenvalue weighted by Crippen LogP contribution is 2.11. The van der Waals surface area contributed by atoms with E-state index in [1.165, 1.54) is 6.92 Å². The van der Waals surface area contributed by atoms with Crippen LogP contribution >= 0.6 is 0 Å². The number of pyridine rings is 1. The van der Waals surface area contributed by atoms with E-state index in [1.54, 1.807) is 18.3 Å². The van der Waals surface area contributed by atoms with E-state index in [-0.39, 0.29) is 5.78 Å². The first-order chi connectivity index (χ1) is 6.59. The molecule has 0 amide bonds. The second-order valence-electron chi connectivity index (χ2n) is 3.62. The van der Waals surface area contributed by atoms with Crippen LogP contribution in [0.25, 0.3) is 6.08 Å². The minimum atomic E-state index is 0.0536. The third-order valence-corrected chi connectivity index (χ3v) is 1.91. The van der Waals surface area contributed by atoms with Crippen LogP contribution in [0, 0.1) is 0 Å². The van der Waals surface area contributed by atoms with Gasteiger partial charge in [0.25, 0.3) is 0 Å². The quantitative estimate of drug-likeness (QED) is 0.684. The lowest BCUT2D eigenvalue weighted by Crippen LogP contribution is -1.91. The Morgan fingerprint density at radius 3 is 2.57 bits per heavy atom. The van der Waals surface area contributed by atoms with Crippen molar-refractivity contribution in [2.75, 3.05) is 0 Å². The van der Waals surface area contributed by atoms with Gasteiger partial charge in [-0.05, 0) is 36.6 Å². The minimum absolute atomic E-state index is 0.0536. The summed E-state index contributed by atoms with van der Waals surface area (Å²) in [6, 6.07) is 3.96. The zero-order chi connectivity index (χ0) is 10.6. The molecule has 0 atom stereocenters. The molecule has 0 aliphatic rings. The Balaban J connectivity index is 2.78. The summed E-state index contributed by atoms with van der Waals surface area (Å²) in [7, 11) is 0. The third kappa shape index (κ3) is 3.13. The summed E-state index contributed by atoms with van der Waals surface area (Å²) < 4.78 is 0. The zero-order valence-corrected chi connectivity index (χ0v) is 8.82. The standard InChI is InChI=1S/C12H15NO/c1-9(2)12-7-6-11(8-13-12)5-4-10(3)14/h4-9H,1-3H3/b5-4+. The van der Waals surface area contributed by atoms with E-state index in [0.717, 1.165) is 11.3 Å². The number of allylic oxidation sites excluding steroid dienone is 1. The van der Waals surface area contributed by atoms with Gasteiger partial charge in [-0.2, -0.15) is 0 Å². The number of carbonyl (C=O) groups is 1. The molecule has 2 heteroatoms. The fourth-order valence-corrected chi connectivity index (χ4v) is 1.07. The topological polar surface area (TPSA) is 30.0 Å². The SMILES string of the molecule is CC(=O)/C=C/c1ccc(C(C)C)nc1. The van der Waals surface area contributed by atoms with Crippen LogP contribution in [-0.4, -0.2) is 10.8 Å². The highest BCUT2D eigenvalue weighted by Gasteiger charge is 1.98. The highest BCUT2D eigenvalue weighted by molar-refractivity contribution is 5.91. The van der Waals surface area contributed by atoms with Gasteiger partial charge in [0.05, 0.1) is 0 Å². The van der Waals surface area contributed by atoms with Crippen LogP contribution < -0.4 is 0 Å². The molecule has 1 aromatic heterocycles. The Morgan fingerprint density at radius 2 is 2.14 bits per heavy atom. The second-order valence-corrected chi connectivity index (χ2v) is 3.62. The largest absolute Gasteiger partial charge is 0.295 e. The second kappa shape index (κ2) is 4.70. The smallest absolute Gasteiger partial charge is 0.152 e. The number of ketones is 1. The van der Waals surface area contributed by atoms with Crippen molar-refractivity contribution in [1.29, 1.82) is 0 Å². The number of nitrogens with zero attached hydrogens (tertiary/aromatic N) is 1. The lowest BCUT2D eigenvalue weighted by molar-refractivity contribution is -0.112. The first-order valence-corrected chi connectivity index (χ1v) is 4.74. The number of carbonyl (C=O) groups excluding carboxylic acids is 1. The summed E-state index contributed by atoms with van der Waals surface area (Å²) in [6.45, 7) is 5.74. The summed E-state index contributed by atoms with van der Waals surface area (Å²) >= 11 is 0. The molecule has 0 saturated heterocycles. The van der Waals surface area contributed by atoms with E-state index in [0.29, 0.717) is 5.92 Å². The zero-order valence-electron chi connectivity index (χ0n) is 8.82. The van der Waals surface area contributed by atoms with Gasteiger partial charge in [0.1, 0.15) is 0 Å². The predicted molar refractivity (Wildman–Crippen MR) is 58.0 cm³/mol. The molecule has 1 rings (SSSR count). The molecule has 1 heterocycles. The molecule has 0 fully saturated rings. The van der Waals surface area contributed by atoms with Gasteiger partial charge in [0.2, 0.25) is 0 Å². The Bertz CT molecular complexity index is 336. The van der Waals surface area contributed by atoms with Gasteiger partial charge in [-0.15, -0.1) is 0 Å². The lowest BCUT2D eigenvalue weighted by Gasteiger charge is -2.03. The molecule has 0 aliphatic carbocycles. The van der Waals surface area contributed by atoms with E-state index in [4.69, 9.17) is 0 Å². The van der Waals surface area contributed by atoms with Crippen LogP contribution in [0.4, 0.5) is 0 Å². The van der Waals surface area contributed by atoms with Crippen molar-refractivity contribution >= 4 is 11.9 Å². The van der Waals surface area contributed by atoms with Gasteiger partial charge in [-0.3, -0.25) is 9.78 Å². The molecular formula is C12H15NO. The normalized spacial score (nSPS) is 11.1. The van der Waals surface area contributed by atoms with E-state index in [9.17, 15) is 4.79 Å². The van der Waals surface area contributed by atoms with Gasteiger partial charge < -0.3 is 0 Å². The molecule has 0 unspecified atom stereocenters. The molecule has 0 N–H and O–H groups in total. The summed E-state index contributed by atoms with van der Waals surface area (Å²) in [5.74, 6) is 0.499. The Hall–Kier alpha value is -1.44. The maximum atomic E-state index is 10.7. The van der Waals surface area contributed by atoms with Gasteiger partial charge >= 0.3 is 0 Å². The van der Waals surface area contributed by atoms with E-state index in [1.807, 2.05) is 12.1 Å². The minimum Gasteiger partial charge on any atom is -0.295 e. The van der Waals surface area contributed by atoms with Crippen molar-refractivity contribution in [1.82, 2.24) is 4.98 Å². The number of rotatable bonds is 3. The molecule has 14 heavy (non-hydrogen) atoms. The average Bonchev–Trinajstić information content (AvgIpc) is 2.15. The van der Waals surface area contributed by atoms with Crippen LogP contribution in [-0.2, 0) is 4.79 Å². The van der Waals surface area contributed by atoms with Crippen molar-refractivity contribution < 1.29 is 4.79 Å². The molecule has 0 saturated carbocycles. The van der Waals surface area contributed by atoms with Crippen LogP contribution in [0.5, 0.6) is 0 Å². The summed E-state index contributed by atoms with van der Waals surface area (Å²) in [5.41, 5.74) is 2.04. The fraction of sp³-hybridized carbons (Fsp3) is 0.333. The summed E-state index contributed by atoms with van der Waals surface area (Å²) in [5, 5.41) is 0. The van der Waals surface area contributed by atoms with Gasteiger partial charge in [0, 0.05) is 11.9 Å². The molecule has 0 bridgehead atoms. The molecule has 74 valence electrons. The van der Waals surface area contributed by atoms with Crippen LogP contribution in [0.15, 0.2) is 24.4 Å². The van der Waals surface area contributed by atoms with Gasteiger partial charge in [-0.1, -0.05) is 19.9 Å². The van der Waals surface area contributed by atoms with Crippen molar-refractivity contribution in [2.45, 2.75) is 26.7 Å². The maximum Gasteiger partial charge on any atom is 0.152 e. The molecule has 1 aromatic rings.